The van der Waals surface area contributed by atoms with E-state index in [1.54, 1.807) is 0 Å². The van der Waals surface area contributed by atoms with Gasteiger partial charge in [0.1, 0.15) is 5.75 Å². The first-order valence-corrected chi connectivity index (χ1v) is 8.23. The number of ether oxygens (including phenoxy) is 1. The Morgan fingerprint density at radius 3 is 2.30 bits per heavy atom. The molecular formula is C18H12F6N4O2. The lowest BCUT2D eigenvalue weighted by Gasteiger charge is -2.11. The number of benzene rings is 2. The second kappa shape index (κ2) is 8.05. The Balaban J connectivity index is 1.71. The number of anilines is 1. The van der Waals surface area contributed by atoms with Gasteiger partial charge in [-0.3, -0.25) is 4.79 Å². The Morgan fingerprint density at radius 2 is 1.67 bits per heavy atom. The lowest BCUT2D eigenvalue weighted by Crippen LogP contribution is -2.19. The first-order chi connectivity index (χ1) is 14.0. The number of alkyl halides is 6. The van der Waals surface area contributed by atoms with Gasteiger partial charge in [-0.05, 0) is 36.4 Å². The summed E-state index contributed by atoms with van der Waals surface area (Å²) in [6, 6.07) is 9.70. The van der Waals surface area contributed by atoms with Crippen molar-refractivity contribution in [3.63, 3.8) is 0 Å². The van der Waals surface area contributed by atoms with Crippen LogP contribution in [0.15, 0.2) is 54.7 Å². The molecule has 12 heteroatoms. The molecule has 0 atom stereocenters. The van der Waals surface area contributed by atoms with Gasteiger partial charge >= 0.3 is 12.4 Å². The number of hydrogen-bond donors (Lipinski definition) is 1. The Hall–Kier alpha value is -3.57. The van der Waals surface area contributed by atoms with Crippen molar-refractivity contribution in [1.82, 2.24) is 15.0 Å². The van der Waals surface area contributed by atoms with Crippen molar-refractivity contribution < 1.29 is 35.9 Å². The summed E-state index contributed by atoms with van der Waals surface area (Å²) in [4.78, 5) is 12.3. The molecule has 1 aromatic heterocycles. The topological polar surface area (TPSA) is 69.0 Å². The second-order valence-corrected chi connectivity index (χ2v) is 5.95. The van der Waals surface area contributed by atoms with E-state index in [0.717, 1.165) is 16.9 Å². The number of carbonyl (C=O) groups excluding carboxylic acids is 1. The number of nitrogens with zero attached hydrogens (tertiary/aromatic N) is 3. The summed E-state index contributed by atoms with van der Waals surface area (Å²) >= 11 is 0. The van der Waals surface area contributed by atoms with E-state index in [2.05, 4.69) is 20.4 Å². The molecule has 1 heterocycles. The molecule has 0 bridgehead atoms. The highest BCUT2D eigenvalue weighted by molar-refractivity contribution is 6.02. The van der Waals surface area contributed by atoms with E-state index >= 15 is 0 Å². The zero-order valence-corrected chi connectivity index (χ0v) is 14.8. The molecule has 6 nitrogen and oxygen atoms in total. The largest absolute Gasteiger partial charge is 0.484 e. The maximum Gasteiger partial charge on any atom is 0.422 e. The summed E-state index contributed by atoms with van der Waals surface area (Å²) in [5, 5.41) is 9.55. The summed E-state index contributed by atoms with van der Waals surface area (Å²) in [6.45, 7) is -1.46. The number of hydrogen-bond acceptors (Lipinski definition) is 4. The fourth-order valence-corrected chi connectivity index (χ4v) is 2.39. The molecule has 0 aliphatic carbocycles. The van der Waals surface area contributed by atoms with Gasteiger partial charge in [0.05, 0.1) is 17.4 Å². The Bertz CT molecular complexity index is 1030. The van der Waals surface area contributed by atoms with Crippen LogP contribution in [0.4, 0.5) is 32.0 Å². The van der Waals surface area contributed by atoms with Crippen LogP contribution >= 0.6 is 0 Å². The van der Waals surface area contributed by atoms with Crippen LogP contribution in [-0.4, -0.2) is 33.7 Å². The molecule has 0 spiro atoms. The van der Waals surface area contributed by atoms with E-state index in [1.807, 2.05) is 0 Å². The highest BCUT2D eigenvalue weighted by Crippen LogP contribution is 2.33. The van der Waals surface area contributed by atoms with E-state index in [9.17, 15) is 31.1 Å². The summed E-state index contributed by atoms with van der Waals surface area (Å²) in [6.07, 6.45) is -8.08. The first kappa shape index (κ1) is 21.1. The minimum Gasteiger partial charge on any atom is -0.484 e. The second-order valence-electron chi connectivity index (χ2n) is 5.95. The maximum absolute atomic E-state index is 13.1. The fraction of sp³-hybridized carbons (Fsp3) is 0.167. The van der Waals surface area contributed by atoms with Crippen LogP contribution < -0.4 is 10.1 Å². The van der Waals surface area contributed by atoms with Gasteiger partial charge in [-0.25, -0.2) is 4.68 Å². The Labute approximate surface area is 165 Å². The normalized spacial score (nSPS) is 11.9. The number of rotatable bonds is 5. The molecule has 158 valence electrons. The molecule has 30 heavy (non-hydrogen) atoms. The average Bonchev–Trinajstić information content (AvgIpc) is 3.16. The van der Waals surface area contributed by atoms with Crippen LogP contribution in [0.25, 0.3) is 5.69 Å². The molecule has 1 N–H and O–H groups in total. The highest BCUT2D eigenvalue weighted by Gasteiger charge is 2.34. The van der Waals surface area contributed by atoms with Crippen molar-refractivity contribution >= 4 is 11.6 Å². The van der Waals surface area contributed by atoms with Gasteiger partial charge in [0.25, 0.3) is 5.91 Å². The number of halogens is 6. The van der Waals surface area contributed by atoms with Crippen LogP contribution in [-0.2, 0) is 6.18 Å². The monoisotopic (exact) mass is 430 g/mol. The zero-order chi connectivity index (χ0) is 21.9. The predicted molar refractivity (Wildman–Crippen MR) is 92.3 cm³/mol. The number of aromatic nitrogens is 3. The van der Waals surface area contributed by atoms with E-state index in [1.165, 1.54) is 42.5 Å². The van der Waals surface area contributed by atoms with Gasteiger partial charge < -0.3 is 10.1 Å². The average molecular weight is 430 g/mol. The quantitative estimate of drug-likeness (QED) is 0.606. The molecule has 0 unspecified atom stereocenters. The van der Waals surface area contributed by atoms with Crippen LogP contribution in [0.3, 0.4) is 0 Å². The van der Waals surface area contributed by atoms with Crippen molar-refractivity contribution in [3.8, 4) is 11.4 Å². The first-order valence-electron chi connectivity index (χ1n) is 8.23. The van der Waals surface area contributed by atoms with Crippen molar-refractivity contribution in [2.24, 2.45) is 0 Å². The smallest absolute Gasteiger partial charge is 0.422 e. The van der Waals surface area contributed by atoms with Crippen molar-refractivity contribution in [3.05, 3.63) is 66.0 Å². The van der Waals surface area contributed by atoms with Crippen molar-refractivity contribution in [2.75, 3.05) is 11.9 Å². The molecule has 0 saturated carbocycles. The van der Waals surface area contributed by atoms with Gasteiger partial charge in [0, 0.05) is 5.69 Å². The highest BCUT2D eigenvalue weighted by atomic mass is 19.4. The molecule has 0 saturated heterocycles. The summed E-state index contributed by atoms with van der Waals surface area (Å²) in [5.74, 6) is -0.824. The number of carbonyl (C=O) groups is 1. The molecule has 0 aliphatic rings. The minimum absolute atomic E-state index is 0.0555. The molecule has 0 fully saturated rings. The molecule has 2 aromatic carbocycles. The Morgan fingerprint density at radius 1 is 1.00 bits per heavy atom. The van der Waals surface area contributed by atoms with E-state index in [0.29, 0.717) is 0 Å². The van der Waals surface area contributed by atoms with E-state index in [-0.39, 0.29) is 22.8 Å². The third kappa shape index (κ3) is 5.27. The van der Waals surface area contributed by atoms with Crippen molar-refractivity contribution in [1.29, 1.82) is 0 Å². The molecule has 0 aliphatic heterocycles. The van der Waals surface area contributed by atoms with Crippen LogP contribution in [0.2, 0.25) is 0 Å². The van der Waals surface area contributed by atoms with Gasteiger partial charge in [-0.2, -0.15) is 26.3 Å². The number of nitrogens with one attached hydrogen (secondary N) is 1. The minimum atomic E-state index is -4.62. The van der Waals surface area contributed by atoms with Crippen LogP contribution in [0.5, 0.6) is 5.75 Å². The molecule has 0 radical (unpaired) electrons. The molecule has 3 aromatic rings. The predicted octanol–water partition coefficient (Wildman–Crippen LogP) is 4.48. The third-order valence-electron chi connectivity index (χ3n) is 3.70. The zero-order valence-electron chi connectivity index (χ0n) is 14.8. The fourth-order valence-electron chi connectivity index (χ4n) is 2.39. The molecule has 1 amide bonds. The van der Waals surface area contributed by atoms with Gasteiger partial charge in [0.15, 0.2) is 12.3 Å². The summed E-state index contributed by atoms with van der Waals surface area (Å²) < 4.78 is 81.2. The van der Waals surface area contributed by atoms with Crippen molar-refractivity contribution in [2.45, 2.75) is 12.4 Å². The standard InChI is InChI=1S/C18H12F6N4O2/c19-17(20,21)10-30-12-7-5-11(6-8-12)25-16(29)14-9-28(27-26-14)15-4-2-1-3-13(15)18(22,23)24/h1-9H,10H2,(H,25,29). The van der Waals surface area contributed by atoms with Crippen LogP contribution in [0, 0.1) is 0 Å². The maximum atomic E-state index is 13.1. The Kier molecular flexibility index (Phi) is 5.67. The molecule has 3 rings (SSSR count). The molecular weight excluding hydrogens is 418 g/mol. The van der Waals surface area contributed by atoms with Gasteiger partial charge in [-0.1, -0.05) is 17.3 Å². The summed E-state index contributed by atoms with van der Waals surface area (Å²) in [5.41, 5.74) is -1.30. The number of amides is 1. The lowest BCUT2D eigenvalue weighted by atomic mass is 10.1. The lowest BCUT2D eigenvalue weighted by molar-refractivity contribution is -0.153. The number of para-hydroxylation sites is 1. The van der Waals surface area contributed by atoms with Crippen LogP contribution in [0.1, 0.15) is 16.1 Å². The van der Waals surface area contributed by atoms with Gasteiger partial charge in [0.2, 0.25) is 0 Å². The summed E-state index contributed by atoms with van der Waals surface area (Å²) in [7, 11) is 0. The SMILES string of the molecule is O=C(Nc1ccc(OCC(F)(F)F)cc1)c1cn(-c2ccccc2C(F)(F)F)nn1. The third-order valence-corrected chi connectivity index (χ3v) is 3.70. The van der Waals surface area contributed by atoms with Gasteiger partial charge in [-0.15, -0.1) is 5.10 Å². The van der Waals surface area contributed by atoms with E-state index in [4.69, 9.17) is 0 Å². The van der Waals surface area contributed by atoms with E-state index < -0.39 is 30.4 Å².